The quantitative estimate of drug-likeness (QED) is 0.587. The Morgan fingerprint density at radius 3 is 2.52 bits per heavy atom. The van der Waals surface area contributed by atoms with Crippen LogP contribution in [0.15, 0.2) is 41.3 Å². The lowest BCUT2D eigenvalue weighted by Crippen LogP contribution is -2.40. The SMILES string of the molecule is Cc1ccc(C(=O)Nc2cccc([N+](=O)[O-])c2C)cc1S(=O)(=O)N1CCOCC1. The molecule has 9 nitrogen and oxygen atoms in total. The van der Waals surface area contributed by atoms with Gasteiger partial charge in [-0.3, -0.25) is 14.9 Å². The van der Waals surface area contributed by atoms with E-state index in [9.17, 15) is 23.3 Å². The molecule has 10 heteroatoms. The number of aryl methyl sites for hydroxylation is 1. The standard InChI is InChI=1S/C19H21N3O6S/c1-13-6-7-15(12-18(13)29(26,27)21-8-10-28-11-9-21)19(23)20-16-4-3-5-17(14(16)2)22(24)25/h3-7,12H,8-11H2,1-2H3,(H,20,23). The second-order valence-corrected chi connectivity index (χ2v) is 8.56. The fourth-order valence-corrected chi connectivity index (χ4v) is 4.76. The third kappa shape index (κ3) is 4.29. The van der Waals surface area contributed by atoms with E-state index in [-0.39, 0.29) is 29.2 Å². The van der Waals surface area contributed by atoms with Crippen molar-refractivity contribution in [1.82, 2.24) is 4.31 Å². The molecule has 29 heavy (non-hydrogen) atoms. The molecule has 0 aliphatic carbocycles. The molecule has 2 aromatic rings. The Kier molecular flexibility index (Phi) is 5.96. The van der Waals surface area contributed by atoms with Gasteiger partial charge in [0.25, 0.3) is 11.6 Å². The predicted octanol–water partition coefficient (Wildman–Crippen LogP) is 2.48. The van der Waals surface area contributed by atoms with Crippen LogP contribution < -0.4 is 5.32 Å². The number of carbonyl (C=O) groups is 1. The third-order valence-corrected chi connectivity index (χ3v) is 6.83. The van der Waals surface area contributed by atoms with E-state index < -0.39 is 20.9 Å². The van der Waals surface area contributed by atoms with Gasteiger partial charge in [-0.15, -0.1) is 0 Å². The number of morpholine rings is 1. The highest BCUT2D eigenvalue weighted by molar-refractivity contribution is 7.89. The first kappa shape index (κ1) is 20.9. The summed E-state index contributed by atoms with van der Waals surface area (Å²) in [5.74, 6) is -0.549. The van der Waals surface area contributed by atoms with Gasteiger partial charge in [-0.2, -0.15) is 4.31 Å². The smallest absolute Gasteiger partial charge is 0.274 e. The van der Waals surface area contributed by atoms with Crippen molar-refractivity contribution < 1.29 is 22.9 Å². The zero-order valence-corrected chi connectivity index (χ0v) is 16.9. The van der Waals surface area contributed by atoms with Crippen molar-refractivity contribution in [1.29, 1.82) is 0 Å². The number of nitro benzene ring substituents is 1. The van der Waals surface area contributed by atoms with Crippen LogP contribution in [-0.2, 0) is 14.8 Å². The molecule has 1 aliphatic heterocycles. The first-order chi connectivity index (χ1) is 13.7. The van der Waals surface area contributed by atoms with Crippen molar-refractivity contribution in [3.63, 3.8) is 0 Å². The highest BCUT2D eigenvalue weighted by Gasteiger charge is 2.28. The molecule has 0 atom stereocenters. The van der Waals surface area contributed by atoms with E-state index in [1.165, 1.54) is 35.5 Å². The molecule has 3 rings (SSSR count). The van der Waals surface area contributed by atoms with Gasteiger partial charge >= 0.3 is 0 Å². The molecule has 0 unspecified atom stereocenters. The van der Waals surface area contributed by atoms with E-state index in [0.29, 0.717) is 30.0 Å². The van der Waals surface area contributed by atoms with Crippen molar-refractivity contribution in [3.05, 3.63) is 63.2 Å². The lowest BCUT2D eigenvalue weighted by molar-refractivity contribution is -0.385. The molecule has 1 amide bonds. The summed E-state index contributed by atoms with van der Waals surface area (Å²) >= 11 is 0. The van der Waals surface area contributed by atoms with E-state index in [1.54, 1.807) is 19.1 Å². The largest absolute Gasteiger partial charge is 0.379 e. The zero-order valence-electron chi connectivity index (χ0n) is 16.0. The van der Waals surface area contributed by atoms with Crippen molar-refractivity contribution in [2.75, 3.05) is 31.6 Å². The molecule has 0 saturated carbocycles. The fraction of sp³-hybridized carbons (Fsp3) is 0.316. The number of nitrogens with zero attached hydrogens (tertiary/aromatic N) is 2. The van der Waals surface area contributed by atoms with Crippen molar-refractivity contribution in [2.45, 2.75) is 18.7 Å². The van der Waals surface area contributed by atoms with Crippen molar-refractivity contribution in [3.8, 4) is 0 Å². The third-order valence-electron chi connectivity index (χ3n) is 4.79. The van der Waals surface area contributed by atoms with Gasteiger partial charge in [0.05, 0.1) is 34.3 Å². The van der Waals surface area contributed by atoms with Gasteiger partial charge in [0.2, 0.25) is 10.0 Å². The maximum Gasteiger partial charge on any atom is 0.274 e. The predicted molar refractivity (Wildman–Crippen MR) is 107 cm³/mol. The average molecular weight is 419 g/mol. The molecule has 1 fully saturated rings. The second-order valence-electron chi connectivity index (χ2n) is 6.66. The van der Waals surface area contributed by atoms with Crippen LogP contribution in [0.2, 0.25) is 0 Å². The number of sulfonamides is 1. The van der Waals surface area contributed by atoms with Gasteiger partial charge in [-0.1, -0.05) is 12.1 Å². The second kappa shape index (κ2) is 8.27. The van der Waals surface area contributed by atoms with E-state index in [2.05, 4.69) is 5.32 Å². The highest BCUT2D eigenvalue weighted by Crippen LogP contribution is 2.27. The molecule has 154 valence electrons. The van der Waals surface area contributed by atoms with Crippen LogP contribution >= 0.6 is 0 Å². The lowest BCUT2D eigenvalue weighted by Gasteiger charge is -2.26. The minimum absolute atomic E-state index is 0.0582. The van der Waals surface area contributed by atoms with Gasteiger partial charge in [0, 0.05) is 24.7 Å². The number of hydrogen-bond acceptors (Lipinski definition) is 6. The minimum atomic E-state index is -3.76. The molecular formula is C19H21N3O6S. The van der Waals surface area contributed by atoms with Crippen LogP contribution in [0.5, 0.6) is 0 Å². The van der Waals surface area contributed by atoms with E-state index in [1.807, 2.05) is 0 Å². The fourth-order valence-electron chi connectivity index (χ4n) is 3.10. The van der Waals surface area contributed by atoms with E-state index in [4.69, 9.17) is 4.74 Å². The number of amides is 1. The molecule has 0 aromatic heterocycles. The van der Waals surface area contributed by atoms with Crippen LogP contribution in [0, 0.1) is 24.0 Å². The van der Waals surface area contributed by atoms with Gasteiger partial charge in [0.15, 0.2) is 0 Å². The number of anilines is 1. The summed E-state index contributed by atoms with van der Waals surface area (Å²) in [4.78, 5) is 23.3. The van der Waals surface area contributed by atoms with E-state index in [0.717, 1.165) is 0 Å². The van der Waals surface area contributed by atoms with Crippen LogP contribution in [0.3, 0.4) is 0 Å². The Labute approximate surface area is 168 Å². The van der Waals surface area contributed by atoms with Gasteiger partial charge < -0.3 is 10.1 Å². The summed E-state index contributed by atoms with van der Waals surface area (Å²) in [6.45, 7) is 4.36. The van der Waals surface area contributed by atoms with Crippen molar-refractivity contribution >= 4 is 27.3 Å². The van der Waals surface area contributed by atoms with Crippen LogP contribution in [-0.4, -0.2) is 49.9 Å². The monoisotopic (exact) mass is 419 g/mol. The molecule has 1 N–H and O–H groups in total. The first-order valence-corrected chi connectivity index (χ1v) is 10.4. The van der Waals surface area contributed by atoms with Crippen LogP contribution in [0.1, 0.15) is 21.5 Å². The summed E-state index contributed by atoms with van der Waals surface area (Å²) in [6.07, 6.45) is 0. The molecule has 2 aromatic carbocycles. The Hall–Kier alpha value is -2.82. The first-order valence-electron chi connectivity index (χ1n) is 8.95. The number of nitro groups is 1. The maximum absolute atomic E-state index is 13.0. The number of ether oxygens (including phenoxy) is 1. The van der Waals surface area contributed by atoms with Crippen LogP contribution in [0.4, 0.5) is 11.4 Å². The Morgan fingerprint density at radius 1 is 1.17 bits per heavy atom. The molecule has 0 radical (unpaired) electrons. The number of benzene rings is 2. The van der Waals surface area contributed by atoms with E-state index >= 15 is 0 Å². The van der Waals surface area contributed by atoms with Gasteiger partial charge in [0.1, 0.15) is 0 Å². The summed E-state index contributed by atoms with van der Waals surface area (Å²) in [5.41, 5.74) is 1.18. The van der Waals surface area contributed by atoms with Gasteiger partial charge in [-0.05, 0) is 37.6 Å². The van der Waals surface area contributed by atoms with Gasteiger partial charge in [-0.25, -0.2) is 8.42 Å². The van der Waals surface area contributed by atoms with Crippen molar-refractivity contribution in [2.24, 2.45) is 0 Å². The normalized spacial score (nSPS) is 15.1. The highest BCUT2D eigenvalue weighted by atomic mass is 32.2. The number of nitrogens with one attached hydrogen (secondary N) is 1. The molecule has 1 heterocycles. The number of rotatable bonds is 5. The van der Waals surface area contributed by atoms with Crippen LogP contribution in [0.25, 0.3) is 0 Å². The Bertz CT molecular complexity index is 1060. The topological polar surface area (TPSA) is 119 Å². The summed E-state index contributed by atoms with van der Waals surface area (Å²) in [7, 11) is -3.76. The molecular weight excluding hydrogens is 398 g/mol. The number of carbonyl (C=O) groups excluding carboxylic acids is 1. The molecule has 1 aliphatic rings. The molecule has 1 saturated heterocycles. The minimum Gasteiger partial charge on any atom is -0.379 e. The summed E-state index contributed by atoms with van der Waals surface area (Å²) < 4.78 is 32.5. The Morgan fingerprint density at radius 2 is 1.86 bits per heavy atom. The molecule has 0 bridgehead atoms. The summed E-state index contributed by atoms with van der Waals surface area (Å²) in [6, 6.07) is 8.81. The summed E-state index contributed by atoms with van der Waals surface area (Å²) in [5, 5.41) is 13.7. The zero-order chi connectivity index (χ0) is 21.2. The molecule has 0 spiro atoms. The Balaban J connectivity index is 1.91. The maximum atomic E-state index is 13.0. The average Bonchev–Trinajstić information content (AvgIpc) is 2.70. The lowest BCUT2D eigenvalue weighted by atomic mass is 10.1. The number of hydrogen-bond donors (Lipinski definition) is 1.